The van der Waals surface area contributed by atoms with E-state index in [1.807, 2.05) is 0 Å². The minimum atomic E-state index is -1.21. The van der Waals surface area contributed by atoms with E-state index in [4.69, 9.17) is 4.42 Å². The molecule has 3 N–H and O–H groups in total. The molecule has 3 heterocycles. The highest BCUT2D eigenvalue weighted by molar-refractivity contribution is 8.00. The van der Waals surface area contributed by atoms with Crippen molar-refractivity contribution < 1.29 is 23.9 Å². The van der Waals surface area contributed by atoms with Crippen LogP contribution in [0.2, 0.25) is 0 Å². The summed E-state index contributed by atoms with van der Waals surface area (Å²) < 4.78 is 5.16. The second kappa shape index (κ2) is 6.40. The summed E-state index contributed by atoms with van der Waals surface area (Å²) in [4.78, 5) is 36.0. The van der Waals surface area contributed by atoms with Gasteiger partial charge in [0.25, 0.3) is 5.91 Å². The van der Waals surface area contributed by atoms with Crippen LogP contribution in [0.5, 0.6) is 0 Å². The molecule has 0 aromatic carbocycles. The fraction of sp³-hybridized carbons (Fsp3) is 0.286. The second-order valence-corrected chi connectivity index (χ2v) is 6.22. The van der Waals surface area contributed by atoms with Crippen molar-refractivity contribution in [3.05, 3.63) is 29.7 Å². The Morgan fingerprint density at radius 2 is 2.33 bits per heavy atom. The lowest BCUT2D eigenvalue weighted by atomic mass is 10.0. The van der Waals surface area contributed by atoms with E-state index in [1.54, 1.807) is 12.1 Å². The number of thioether (sulfide) groups is 1. The molecule has 9 nitrogen and oxygen atoms in total. The molecule has 1 aromatic heterocycles. The predicted molar refractivity (Wildman–Crippen MR) is 86.2 cm³/mol. The molecule has 2 aliphatic heterocycles. The van der Waals surface area contributed by atoms with Gasteiger partial charge in [-0.25, -0.2) is 10.2 Å². The maximum atomic E-state index is 12.4. The van der Waals surface area contributed by atoms with Gasteiger partial charge in [-0.2, -0.15) is 5.10 Å². The van der Waals surface area contributed by atoms with E-state index in [-0.39, 0.29) is 22.9 Å². The first-order chi connectivity index (χ1) is 11.5. The zero-order valence-corrected chi connectivity index (χ0v) is 13.4. The van der Waals surface area contributed by atoms with Crippen molar-refractivity contribution in [1.29, 1.82) is 0 Å². The Hall–Kier alpha value is -2.75. The van der Waals surface area contributed by atoms with Crippen LogP contribution >= 0.6 is 11.8 Å². The lowest BCUT2D eigenvalue weighted by Crippen LogP contribution is -2.67. The summed E-state index contributed by atoms with van der Waals surface area (Å²) in [6, 6.07) is 2.82. The average Bonchev–Trinajstić information content (AvgIpc) is 3.04. The second-order valence-electron chi connectivity index (χ2n) is 5.11. The molecule has 2 aliphatic rings. The number of fused-ring (bicyclic) bond motifs is 1. The van der Waals surface area contributed by atoms with Crippen LogP contribution in [0.25, 0.3) is 0 Å². The Balaban J connectivity index is 1.80. The molecular weight excluding hydrogens is 336 g/mol. The number of amides is 2. The van der Waals surface area contributed by atoms with Gasteiger partial charge >= 0.3 is 5.97 Å². The van der Waals surface area contributed by atoms with Gasteiger partial charge in [0.05, 0.1) is 12.5 Å². The Morgan fingerprint density at radius 3 is 2.96 bits per heavy atom. The van der Waals surface area contributed by atoms with Gasteiger partial charge in [-0.15, -0.1) is 11.8 Å². The number of hydrogen-bond acceptors (Lipinski definition) is 7. The van der Waals surface area contributed by atoms with E-state index in [1.165, 1.54) is 36.1 Å². The predicted octanol–water partition coefficient (Wildman–Crippen LogP) is 0.436. The lowest BCUT2D eigenvalue weighted by molar-refractivity contribution is -0.147. The molecule has 0 radical (unpaired) electrons. The van der Waals surface area contributed by atoms with Crippen molar-refractivity contribution in [1.82, 2.24) is 10.3 Å². The van der Waals surface area contributed by atoms with Crippen LogP contribution in [0.3, 0.4) is 0 Å². The lowest BCUT2D eigenvalue weighted by Gasteiger charge is -2.49. The molecule has 1 unspecified atom stereocenters. The average molecular weight is 350 g/mol. The molecule has 10 heteroatoms. The van der Waals surface area contributed by atoms with E-state index < -0.39 is 12.0 Å². The van der Waals surface area contributed by atoms with Gasteiger partial charge in [-0.3, -0.25) is 14.5 Å². The Bertz CT molecular complexity index is 742. The summed E-state index contributed by atoms with van der Waals surface area (Å²) >= 11 is 1.41. The van der Waals surface area contributed by atoms with Crippen LogP contribution in [-0.2, 0) is 14.4 Å². The largest absolute Gasteiger partial charge is 0.477 e. The number of carbonyl (C=O) groups is 3. The number of carbonyl (C=O) groups excluding carboxylic acids is 2. The number of aliphatic carboxylic acids is 1. The summed E-state index contributed by atoms with van der Waals surface area (Å²) in [5, 5.41) is 15.8. The number of anilines is 1. The van der Waals surface area contributed by atoms with Gasteiger partial charge < -0.3 is 14.8 Å². The molecule has 2 atom stereocenters. The van der Waals surface area contributed by atoms with E-state index >= 15 is 0 Å². The van der Waals surface area contributed by atoms with Crippen molar-refractivity contribution in [3.8, 4) is 0 Å². The molecule has 0 aliphatic carbocycles. The molecule has 3 rings (SSSR count). The number of hydrazone groups is 1. The van der Waals surface area contributed by atoms with Gasteiger partial charge in [-0.05, 0) is 6.07 Å². The van der Waals surface area contributed by atoms with Crippen molar-refractivity contribution >= 4 is 41.6 Å². The quantitative estimate of drug-likeness (QED) is 0.400. The third kappa shape index (κ3) is 2.87. The van der Waals surface area contributed by atoms with Crippen molar-refractivity contribution in [3.63, 3.8) is 0 Å². The molecule has 0 bridgehead atoms. The fourth-order valence-electron chi connectivity index (χ4n) is 2.46. The summed E-state index contributed by atoms with van der Waals surface area (Å²) in [5.74, 6) is -1.13. The first-order valence-corrected chi connectivity index (χ1v) is 8.04. The molecule has 0 saturated carbocycles. The standard InChI is InChI=1S/C14H14N4O5S/c1-7(19)17-15-5-8-6-24-13-10(16-9-3-2-4-23-9)12(20)18(13)11(8)14(21)22/h2-5,10,13,16H,6H2,1H3,(H,17,19)(H,21,22)/t10?,13-/m1/s1. The fourth-order valence-corrected chi connectivity index (χ4v) is 3.75. The van der Waals surface area contributed by atoms with Gasteiger partial charge in [-0.1, -0.05) is 0 Å². The van der Waals surface area contributed by atoms with Crippen LogP contribution in [0, 0.1) is 0 Å². The van der Waals surface area contributed by atoms with Crippen LogP contribution < -0.4 is 10.7 Å². The van der Waals surface area contributed by atoms with Crippen LogP contribution in [0.15, 0.2) is 39.2 Å². The van der Waals surface area contributed by atoms with Gasteiger partial charge in [0, 0.05) is 24.3 Å². The van der Waals surface area contributed by atoms with Crippen molar-refractivity contribution in [2.45, 2.75) is 18.3 Å². The highest BCUT2D eigenvalue weighted by Gasteiger charge is 2.53. The topological polar surface area (TPSA) is 124 Å². The first-order valence-electron chi connectivity index (χ1n) is 7.00. The molecule has 1 aromatic rings. The maximum absolute atomic E-state index is 12.4. The third-order valence-corrected chi connectivity index (χ3v) is 4.76. The number of hydrogen-bond donors (Lipinski definition) is 3. The summed E-state index contributed by atoms with van der Waals surface area (Å²) in [5.41, 5.74) is 2.46. The van der Waals surface area contributed by atoms with Gasteiger partial charge in [0.15, 0.2) is 5.88 Å². The number of β-lactam (4-membered cyclic amide) rings is 1. The molecule has 1 saturated heterocycles. The molecule has 2 amide bonds. The number of furan rings is 1. The summed E-state index contributed by atoms with van der Waals surface area (Å²) in [6.07, 6.45) is 2.74. The highest BCUT2D eigenvalue weighted by atomic mass is 32.2. The number of nitrogens with zero attached hydrogens (tertiary/aromatic N) is 2. The van der Waals surface area contributed by atoms with E-state index in [9.17, 15) is 19.5 Å². The molecule has 0 spiro atoms. The van der Waals surface area contributed by atoms with E-state index in [0.29, 0.717) is 17.2 Å². The van der Waals surface area contributed by atoms with Crippen LogP contribution in [-0.4, -0.2) is 51.2 Å². The highest BCUT2D eigenvalue weighted by Crippen LogP contribution is 2.41. The third-order valence-electron chi connectivity index (χ3n) is 3.46. The number of nitrogens with one attached hydrogen (secondary N) is 2. The van der Waals surface area contributed by atoms with Crippen LogP contribution in [0.4, 0.5) is 5.88 Å². The number of rotatable bonds is 5. The number of carboxylic acids is 1. The molecule has 24 heavy (non-hydrogen) atoms. The smallest absolute Gasteiger partial charge is 0.353 e. The van der Waals surface area contributed by atoms with Crippen molar-refractivity contribution in [2.24, 2.45) is 5.10 Å². The zero-order valence-electron chi connectivity index (χ0n) is 12.6. The molecular formula is C14H14N4O5S. The van der Waals surface area contributed by atoms with Crippen LogP contribution in [0.1, 0.15) is 6.92 Å². The van der Waals surface area contributed by atoms with Crippen molar-refractivity contribution in [2.75, 3.05) is 11.1 Å². The Labute approximate surface area is 140 Å². The number of carboxylic acid groups (broad SMARTS) is 1. The minimum absolute atomic E-state index is 0.115. The summed E-state index contributed by atoms with van der Waals surface area (Å²) in [6.45, 7) is 1.29. The first kappa shape index (κ1) is 16.1. The normalized spacial score (nSPS) is 23.0. The van der Waals surface area contributed by atoms with Gasteiger partial charge in [0.1, 0.15) is 17.1 Å². The SMILES string of the molecule is CC(=O)NN=CC1=C(C(=O)O)N2C(=O)C(Nc3ccco3)[C@H]2SC1. The maximum Gasteiger partial charge on any atom is 0.353 e. The zero-order chi connectivity index (χ0) is 17.3. The monoisotopic (exact) mass is 350 g/mol. The Morgan fingerprint density at radius 1 is 1.54 bits per heavy atom. The van der Waals surface area contributed by atoms with E-state index in [0.717, 1.165) is 0 Å². The van der Waals surface area contributed by atoms with E-state index in [2.05, 4.69) is 15.8 Å². The molecule has 126 valence electrons. The Kier molecular flexibility index (Phi) is 4.30. The minimum Gasteiger partial charge on any atom is -0.477 e. The molecule has 1 fully saturated rings. The summed E-state index contributed by atoms with van der Waals surface area (Å²) in [7, 11) is 0. The van der Waals surface area contributed by atoms with Gasteiger partial charge in [0.2, 0.25) is 5.91 Å².